The average Bonchev–Trinajstić information content (AvgIpc) is 2.15. The van der Waals surface area contributed by atoms with Crippen LogP contribution in [0, 0.1) is 12.3 Å². The van der Waals surface area contributed by atoms with E-state index in [0.29, 0.717) is 5.92 Å². The topological polar surface area (TPSA) is 3.24 Å². The van der Waals surface area contributed by atoms with Gasteiger partial charge in [-0.25, -0.2) is 0 Å². The Hall–Kier alpha value is -0.820. The summed E-state index contributed by atoms with van der Waals surface area (Å²) in [6.45, 7) is 5.56. The van der Waals surface area contributed by atoms with Crippen molar-refractivity contribution in [1.82, 2.24) is 4.90 Å². The largest absolute Gasteiger partial charge is 0.309 e. The van der Waals surface area contributed by atoms with Crippen molar-refractivity contribution in [2.45, 2.75) is 20.3 Å². The zero-order valence-electron chi connectivity index (χ0n) is 10.3. The minimum Gasteiger partial charge on any atom is -0.309 e. The normalized spacial score (nSPS) is 11.3. The van der Waals surface area contributed by atoms with Gasteiger partial charge in [0.05, 0.1) is 0 Å². The molecule has 0 saturated carbocycles. The third kappa shape index (κ3) is 4.48. The minimum atomic E-state index is 0.616. The second kappa shape index (κ2) is 5.92. The van der Waals surface area contributed by atoms with E-state index < -0.39 is 0 Å². The van der Waals surface area contributed by atoms with Crippen LogP contribution in [0.25, 0.3) is 0 Å². The van der Waals surface area contributed by atoms with Gasteiger partial charge in [-0.05, 0) is 44.0 Å². The summed E-state index contributed by atoms with van der Waals surface area (Å²) in [4.78, 5) is 2.23. The Morgan fingerprint density at radius 2 is 1.87 bits per heavy atom. The van der Waals surface area contributed by atoms with Crippen molar-refractivity contribution in [3.05, 3.63) is 41.8 Å². The first kappa shape index (κ1) is 12.3. The Morgan fingerprint density at radius 1 is 1.20 bits per heavy atom. The van der Waals surface area contributed by atoms with Gasteiger partial charge in [0.1, 0.15) is 0 Å². The van der Waals surface area contributed by atoms with E-state index in [1.165, 1.54) is 11.1 Å². The predicted molar refractivity (Wildman–Crippen MR) is 66.9 cm³/mol. The highest BCUT2D eigenvalue weighted by atomic mass is 15.0. The lowest BCUT2D eigenvalue weighted by molar-refractivity contribution is 0.413. The van der Waals surface area contributed by atoms with Crippen molar-refractivity contribution in [2.24, 2.45) is 5.92 Å². The Balaban J connectivity index is 2.68. The van der Waals surface area contributed by atoms with Crippen molar-refractivity contribution in [3.8, 4) is 0 Å². The van der Waals surface area contributed by atoms with Gasteiger partial charge in [-0.1, -0.05) is 38.1 Å². The van der Waals surface area contributed by atoms with Crippen LogP contribution in [0.2, 0.25) is 0 Å². The fourth-order valence-electron chi connectivity index (χ4n) is 1.63. The van der Waals surface area contributed by atoms with Crippen molar-refractivity contribution in [1.29, 1.82) is 0 Å². The molecule has 15 heavy (non-hydrogen) atoms. The summed E-state index contributed by atoms with van der Waals surface area (Å²) >= 11 is 0. The molecule has 0 unspecified atom stereocenters. The summed E-state index contributed by atoms with van der Waals surface area (Å²) in [5.74, 6) is 0.616. The highest BCUT2D eigenvalue weighted by Crippen LogP contribution is 2.16. The van der Waals surface area contributed by atoms with Crippen LogP contribution in [0.5, 0.6) is 0 Å². The van der Waals surface area contributed by atoms with E-state index in [9.17, 15) is 0 Å². The first-order chi connectivity index (χ1) is 7.09. The molecule has 0 atom stereocenters. The SMILES string of the molecule is CC(C)[CH]c1ccccc1CCN(C)C. The van der Waals surface area contributed by atoms with Gasteiger partial charge in [0.2, 0.25) is 0 Å². The number of rotatable bonds is 5. The van der Waals surface area contributed by atoms with Crippen LogP contribution in [0.3, 0.4) is 0 Å². The van der Waals surface area contributed by atoms with Gasteiger partial charge >= 0.3 is 0 Å². The van der Waals surface area contributed by atoms with Crippen molar-refractivity contribution in [2.75, 3.05) is 20.6 Å². The van der Waals surface area contributed by atoms with E-state index in [2.05, 4.69) is 63.5 Å². The molecule has 83 valence electrons. The van der Waals surface area contributed by atoms with Gasteiger partial charge in [0.25, 0.3) is 0 Å². The molecule has 1 radical (unpaired) electrons. The Labute approximate surface area is 94.1 Å². The Bertz CT molecular complexity index is 289. The monoisotopic (exact) mass is 204 g/mol. The van der Waals surface area contributed by atoms with E-state index in [4.69, 9.17) is 0 Å². The fraction of sp³-hybridized carbons (Fsp3) is 0.500. The highest BCUT2D eigenvalue weighted by Gasteiger charge is 2.04. The molecule has 1 rings (SSSR count). The molecule has 0 N–H and O–H groups in total. The molecule has 1 aromatic carbocycles. The third-order valence-electron chi connectivity index (χ3n) is 2.40. The molecule has 0 heterocycles. The molecule has 0 fully saturated rings. The van der Waals surface area contributed by atoms with Crippen molar-refractivity contribution >= 4 is 0 Å². The van der Waals surface area contributed by atoms with E-state index >= 15 is 0 Å². The number of likely N-dealkylation sites (N-methyl/N-ethyl adjacent to an activating group) is 1. The molecule has 0 aliphatic rings. The van der Waals surface area contributed by atoms with Crippen LogP contribution in [0.1, 0.15) is 25.0 Å². The standard InChI is InChI=1S/C14H22N/c1-12(2)11-14-8-6-5-7-13(14)9-10-15(3)4/h5-8,11-12H,9-10H2,1-4H3. The first-order valence-electron chi connectivity index (χ1n) is 5.67. The summed E-state index contributed by atoms with van der Waals surface area (Å²) < 4.78 is 0. The highest BCUT2D eigenvalue weighted by molar-refractivity contribution is 5.33. The maximum atomic E-state index is 2.34. The van der Waals surface area contributed by atoms with Gasteiger partial charge in [-0.2, -0.15) is 0 Å². The summed E-state index contributed by atoms with van der Waals surface area (Å²) in [7, 11) is 4.24. The lowest BCUT2D eigenvalue weighted by atomic mass is 9.96. The van der Waals surface area contributed by atoms with Crippen LogP contribution in [0.4, 0.5) is 0 Å². The van der Waals surface area contributed by atoms with E-state index in [0.717, 1.165) is 13.0 Å². The van der Waals surface area contributed by atoms with Gasteiger partial charge in [0, 0.05) is 6.54 Å². The van der Waals surface area contributed by atoms with Crippen LogP contribution in [-0.2, 0) is 6.42 Å². The van der Waals surface area contributed by atoms with Crippen molar-refractivity contribution < 1.29 is 0 Å². The summed E-state index contributed by atoms with van der Waals surface area (Å²) in [5, 5.41) is 0. The fourth-order valence-corrected chi connectivity index (χ4v) is 1.63. The Morgan fingerprint density at radius 3 is 2.47 bits per heavy atom. The number of benzene rings is 1. The minimum absolute atomic E-state index is 0.616. The molecule has 0 saturated heterocycles. The molecule has 0 bridgehead atoms. The number of hydrogen-bond acceptors (Lipinski definition) is 1. The molecular weight excluding hydrogens is 182 g/mol. The molecule has 1 nitrogen and oxygen atoms in total. The molecule has 0 aliphatic carbocycles. The van der Waals surface area contributed by atoms with Gasteiger partial charge in [-0.3, -0.25) is 0 Å². The number of hydrogen-bond donors (Lipinski definition) is 0. The van der Waals surface area contributed by atoms with Gasteiger partial charge < -0.3 is 4.90 Å². The lowest BCUT2D eigenvalue weighted by Gasteiger charge is -2.13. The maximum absolute atomic E-state index is 2.34. The lowest BCUT2D eigenvalue weighted by Crippen LogP contribution is -2.15. The van der Waals surface area contributed by atoms with E-state index in [-0.39, 0.29) is 0 Å². The number of nitrogens with zero attached hydrogens (tertiary/aromatic N) is 1. The predicted octanol–water partition coefficient (Wildman–Crippen LogP) is 3.00. The zero-order valence-corrected chi connectivity index (χ0v) is 10.3. The van der Waals surface area contributed by atoms with Gasteiger partial charge in [0.15, 0.2) is 0 Å². The molecule has 0 amide bonds. The van der Waals surface area contributed by atoms with E-state index in [1.807, 2.05) is 0 Å². The van der Waals surface area contributed by atoms with Crippen LogP contribution in [-0.4, -0.2) is 25.5 Å². The molecule has 0 aromatic heterocycles. The smallest absolute Gasteiger partial charge is 0.00158 e. The van der Waals surface area contributed by atoms with E-state index in [1.54, 1.807) is 0 Å². The molecular formula is C14H22N. The second-order valence-corrected chi connectivity index (χ2v) is 4.66. The molecule has 0 aliphatic heterocycles. The Kier molecular flexibility index (Phi) is 4.83. The maximum Gasteiger partial charge on any atom is 0.00158 e. The van der Waals surface area contributed by atoms with Crippen LogP contribution < -0.4 is 0 Å². The summed E-state index contributed by atoms with van der Waals surface area (Å²) in [6.07, 6.45) is 3.47. The zero-order chi connectivity index (χ0) is 11.3. The quantitative estimate of drug-likeness (QED) is 0.712. The average molecular weight is 204 g/mol. The first-order valence-corrected chi connectivity index (χ1v) is 5.67. The summed E-state index contributed by atoms with van der Waals surface area (Å²) in [6, 6.07) is 8.69. The summed E-state index contributed by atoms with van der Waals surface area (Å²) in [5.41, 5.74) is 2.86. The van der Waals surface area contributed by atoms with Gasteiger partial charge in [-0.15, -0.1) is 0 Å². The molecule has 1 heteroatoms. The molecule has 1 aromatic rings. The third-order valence-corrected chi connectivity index (χ3v) is 2.40. The van der Waals surface area contributed by atoms with Crippen molar-refractivity contribution in [3.63, 3.8) is 0 Å². The van der Waals surface area contributed by atoms with Crippen LogP contribution in [0.15, 0.2) is 24.3 Å². The molecule has 0 spiro atoms. The second-order valence-electron chi connectivity index (χ2n) is 4.66. The van der Waals surface area contributed by atoms with Crippen LogP contribution >= 0.6 is 0 Å².